The van der Waals surface area contributed by atoms with Crippen LogP contribution >= 0.6 is 46.6 Å². The molecule has 32 heavy (non-hydrogen) atoms. The van der Waals surface area contributed by atoms with Crippen LogP contribution in [0.1, 0.15) is 0 Å². The number of anilines is 2. The fourth-order valence-electron chi connectivity index (χ4n) is 3.03. The first-order chi connectivity index (χ1) is 15.4. The van der Waals surface area contributed by atoms with Crippen molar-refractivity contribution in [3.63, 3.8) is 0 Å². The second-order valence-corrected chi connectivity index (χ2v) is 9.02. The minimum absolute atomic E-state index is 0.135. The van der Waals surface area contributed by atoms with E-state index in [2.05, 4.69) is 5.32 Å². The molecule has 0 aromatic heterocycles. The Morgan fingerprint density at radius 3 is 2.16 bits per heavy atom. The van der Waals surface area contributed by atoms with Gasteiger partial charge in [-0.1, -0.05) is 46.6 Å². The molecule has 5 nitrogen and oxygen atoms in total. The van der Waals surface area contributed by atoms with Crippen LogP contribution in [0.15, 0.2) is 82.2 Å². The molecule has 1 aliphatic heterocycles. The topological polar surface area (TPSA) is 58.6 Å². The highest BCUT2D eigenvalue weighted by molar-refractivity contribution is 8.04. The van der Waals surface area contributed by atoms with Gasteiger partial charge < -0.3 is 10.1 Å². The molecule has 0 unspecified atom stereocenters. The third kappa shape index (κ3) is 4.59. The first kappa shape index (κ1) is 22.6. The van der Waals surface area contributed by atoms with Crippen LogP contribution in [0, 0.1) is 0 Å². The van der Waals surface area contributed by atoms with Crippen molar-refractivity contribution in [2.75, 3.05) is 17.3 Å². The summed E-state index contributed by atoms with van der Waals surface area (Å²) in [6, 6.07) is 18.6. The molecule has 0 saturated carbocycles. The summed E-state index contributed by atoms with van der Waals surface area (Å²) in [5.41, 5.74) is 0.973. The van der Waals surface area contributed by atoms with E-state index >= 15 is 0 Å². The van der Waals surface area contributed by atoms with Crippen molar-refractivity contribution in [1.29, 1.82) is 0 Å². The van der Waals surface area contributed by atoms with Gasteiger partial charge in [0.25, 0.3) is 11.8 Å². The lowest BCUT2D eigenvalue weighted by atomic mass is 10.2. The van der Waals surface area contributed by atoms with E-state index in [0.29, 0.717) is 21.5 Å². The lowest BCUT2D eigenvalue weighted by Gasteiger charge is -2.17. The number of nitrogens with one attached hydrogen (secondary N) is 1. The summed E-state index contributed by atoms with van der Waals surface area (Å²) in [4.78, 5) is 28.8. The SMILES string of the molecule is COc1ccc(NC2=C(Sc3ccc(Cl)cc3)C(=O)N(c3cc(Cl)ccc3Cl)C2=O)cc1. The molecule has 2 amide bonds. The maximum absolute atomic E-state index is 13.4. The Balaban J connectivity index is 1.75. The van der Waals surface area contributed by atoms with E-state index in [9.17, 15) is 9.59 Å². The summed E-state index contributed by atoms with van der Waals surface area (Å²) < 4.78 is 5.18. The van der Waals surface area contributed by atoms with E-state index < -0.39 is 11.8 Å². The van der Waals surface area contributed by atoms with Crippen LogP contribution in [-0.2, 0) is 9.59 Å². The zero-order chi connectivity index (χ0) is 22.8. The highest BCUT2D eigenvalue weighted by Gasteiger charge is 2.41. The number of hydrogen-bond acceptors (Lipinski definition) is 5. The first-order valence-corrected chi connectivity index (χ1v) is 11.2. The van der Waals surface area contributed by atoms with Gasteiger partial charge in [-0.15, -0.1) is 0 Å². The van der Waals surface area contributed by atoms with Crippen LogP contribution in [0.5, 0.6) is 5.75 Å². The van der Waals surface area contributed by atoms with Crippen molar-refractivity contribution in [1.82, 2.24) is 0 Å². The minimum Gasteiger partial charge on any atom is -0.497 e. The van der Waals surface area contributed by atoms with Crippen LogP contribution in [0.3, 0.4) is 0 Å². The van der Waals surface area contributed by atoms with Gasteiger partial charge in [-0.2, -0.15) is 0 Å². The Morgan fingerprint density at radius 1 is 0.844 bits per heavy atom. The Bertz CT molecular complexity index is 1230. The number of thioether (sulfide) groups is 1. The summed E-state index contributed by atoms with van der Waals surface area (Å²) in [5.74, 6) is -0.372. The molecule has 1 N–H and O–H groups in total. The van der Waals surface area contributed by atoms with E-state index in [-0.39, 0.29) is 21.3 Å². The molecule has 0 spiro atoms. The van der Waals surface area contributed by atoms with Crippen molar-refractivity contribution in [3.05, 3.63) is 92.4 Å². The first-order valence-electron chi connectivity index (χ1n) is 9.30. The van der Waals surface area contributed by atoms with Gasteiger partial charge >= 0.3 is 0 Å². The summed E-state index contributed by atoms with van der Waals surface area (Å²) in [6.07, 6.45) is 0. The molecule has 4 rings (SSSR count). The molecule has 0 atom stereocenters. The Labute approximate surface area is 203 Å². The summed E-state index contributed by atoms with van der Waals surface area (Å²) in [6.45, 7) is 0. The van der Waals surface area contributed by atoms with Gasteiger partial charge in [-0.3, -0.25) is 9.59 Å². The second-order valence-electron chi connectivity index (χ2n) is 6.66. The molecule has 3 aromatic rings. The van der Waals surface area contributed by atoms with Gasteiger partial charge in [0, 0.05) is 20.6 Å². The van der Waals surface area contributed by atoms with Crippen LogP contribution in [0.25, 0.3) is 0 Å². The van der Waals surface area contributed by atoms with Gasteiger partial charge in [0.05, 0.1) is 17.8 Å². The average Bonchev–Trinajstić information content (AvgIpc) is 3.01. The summed E-state index contributed by atoms with van der Waals surface area (Å²) in [5, 5.41) is 4.24. The van der Waals surface area contributed by atoms with Crippen molar-refractivity contribution in [2.45, 2.75) is 4.90 Å². The lowest BCUT2D eigenvalue weighted by molar-refractivity contribution is -0.120. The highest BCUT2D eigenvalue weighted by atomic mass is 35.5. The van der Waals surface area contributed by atoms with Gasteiger partial charge in [-0.25, -0.2) is 4.90 Å². The molecule has 0 radical (unpaired) electrons. The largest absolute Gasteiger partial charge is 0.497 e. The molecule has 1 aliphatic rings. The van der Waals surface area contributed by atoms with Gasteiger partial charge in [0.1, 0.15) is 16.4 Å². The van der Waals surface area contributed by atoms with Crippen LogP contribution in [0.4, 0.5) is 11.4 Å². The number of imide groups is 1. The lowest BCUT2D eigenvalue weighted by Crippen LogP contribution is -2.32. The molecule has 1 heterocycles. The minimum atomic E-state index is -0.536. The fourth-order valence-corrected chi connectivity index (χ4v) is 4.45. The van der Waals surface area contributed by atoms with E-state index in [1.54, 1.807) is 67.8 Å². The van der Waals surface area contributed by atoms with Crippen LogP contribution in [-0.4, -0.2) is 18.9 Å². The molecular formula is C23H15Cl3N2O3S. The third-order valence-electron chi connectivity index (χ3n) is 4.58. The van der Waals surface area contributed by atoms with Crippen LogP contribution < -0.4 is 15.0 Å². The molecule has 162 valence electrons. The zero-order valence-electron chi connectivity index (χ0n) is 16.6. The summed E-state index contributed by atoms with van der Waals surface area (Å²) >= 11 is 19.5. The zero-order valence-corrected chi connectivity index (χ0v) is 19.6. The Hall–Kier alpha value is -2.64. The second kappa shape index (κ2) is 9.46. The fraction of sp³-hybridized carbons (Fsp3) is 0.0435. The smallest absolute Gasteiger partial charge is 0.283 e. The molecule has 9 heteroatoms. The van der Waals surface area contributed by atoms with E-state index in [4.69, 9.17) is 39.5 Å². The number of halogens is 3. The number of rotatable bonds is 6. The van der Waals surface area contributed by atoms with Gasteiger partial charge in [0.15, 0.2) is 0 Å². The Kier molecular flexibility index (Phi) is 6.67. The maximum Gasteiger partial charge on any atom is 0.283 e. The van der Waals surface area contributed by atoms with Crippen LogP contribution in [0.2, 0.25) is 15.1 Å². The number of ether oxygens (including phenoxy) is 1. The number of hydrogen-bond donors (Lipinski definition) is 1. The number of carbonyl (C=O) groups is 2. The van der Waals surface area contributed by atoms with Crippen molar-refractivity contribution in [2.24, 2.45) is 0 Å². The number of amides is 2. The third-order valence-corrected chi connectivity index (χ3v) is 6.48. The number of methoxy groups -OCH3 is 1. The molecular weight excluding hydrogens is 491 g/mol. The Morgan fingerprint density at radius 2 is 1.50 bits per heavy atom. The van der Waals surface area contributed by atoms with Crippen molar-refractivity contribution >= 4 is 69.8 Å². The maximum atomic E-state index is 13.4. The molecule has 0 bridgehead atoms. The normalized spacial score (nSPS) is 13.7. The molecule has 0 aliphatic carbocycles. The van der Waals surface area contributed by atoms with Crippen molar-refractivity contribution < 1.29 is 14.3 Å². The number of carbonyl (C=O) groups excluding carboxylic acids is 2. The average molecular weight is 506 g/mol. The van der Waals surface area contributed by atoms with Gasteiger partial charge in [-0.05, 0) is 66.7 Å². The molecule has 0 fully saturated rings. The van der Waals surface area contributed by atoms with E-state index in [1.165, 1.54) is 6.07 Å². The van der Waals surface area contributed by atoms with E-state index in [1.807, 2.05) is 0 Å². The van der Waals surface area contributed by atoms with Gasteiger partial charge in [0.2, 0.25) is 0 Å². The predicted molar refractivity (Wildman–Crippen MR) is 130 cm³/mol. The molecule has 3 aromatic carbocycles. The predicted octanol–water partition coefficient (Wildman–Crippen LogP) is 6.64. The standard InChI is InChI=1S/C23H15Cl3N2O3S/c1-31-16-7-5-15(6-8-16)27-20-21(32-17-9-2-13(24)3-10-17)23(30)28(22(20)29)19-12-14(25)4-11-18(19)26/h2-12,27H,1H3. The molecule has 0 saturated heterocycles. The number of nitrogens with zero attached hydrogens (tertiary/aromatic N) is 1. The highest BCUT2D eigenvalue weighted by Crippen LogP contribution is 2.40. The summed E-state index contributed by atoms with van der Waals surface area (Å²) in [7, 11) is 1.57. The monoisotopic (exact) mass is 504 g/mol. The van der Waals surface area contributed by atoms with Crippen molar-refractivity contribution in [3.8, 4) is 5.75 Å². The number of benzene rings is 3. The van der Waals surface area contributed by atoms with E-state index in [0.717, 1.165) is 21.6 Å². The quantitative estimate of drug-likeness (QED) is 0.380.